The summed E-state index contributed by atoms with van der Waals surface area (Å²) in [5, 5.41) is 4.67. The van der Waals surface area contributed by atoms with Crippen LogP contribution >= 0.6 is 0 Å². The highest BCUT2D eigenvalue weighted by molar-refractivity contribution is 5.81. The molecular formula is C11H13N3O. The quantitative estimate of drug-likeness (QED) is 0.760. The van der Waals surface area contributed by atoms with Crippen molar-refractivity contribution in [1.82, 2.24) is 9.78 Å². The van der Waals surface area contributed by atoms with Gasteiger partial charge in [-0.25, -0.2) is 0 Å². The van der Waals surface area contributed by atoms with E-state index in [1.807, 2.05) is 32.0 Å². The highest BCUT2D eigenvalue weighted by atomic mass is 16.1. The fourth-order valence-electron chi connectivity index (χ4n) is 1.67. The molecule has 2 aromatic rings. The van der Waals surface area contributed by atoms with Crippen molar-refractivity contribution in [3.8, 4) is 0 Å². The first-order valence-electron chi connectivity index (χ1n) is 4.90. The molecule has 0 unspecified atom stereocenters. The van der Waals surface area contributed by atoms with Crippen molar-refractivity contribution in [2.75, 3.05) is 5.73 Å². The number of anilines is 1. The lowest BCUT2D eigenvalue weighted by atomic mass is 10.1. The first-order chi connectivity index (χ1) is 7.13. The van der Waals surface area contributed by atoms with Gasteiger partial charge < -0.3 is 5.73 Å². The van der Waals surface area contributed by atoms with Crippen molar-refractivity contribution in [2.24, 2.45) is 0 Å². The smallest absolute Gasteiger partial charge is 0.231 e. The van der Waals surface area contributed by atoms with Gasteiger partial charge in [0.15, 0.2) is 5.82 Å². The van der Waals surface area contributed by atoms with Gasteiger partial charge in [-0.15, -0.1) is 0 Å². The summed E-state index contributed by atoms with van der Waals surface area (Å²) < 4.78 is 1.74. The number of benzene rings is 1. The van der Waals surface area contributed by atoms with Crippen LogP contribution in [0.3, 0.4) is 0 Å². The second-order valence-corrected chi connectivity index (χ2v) is 3.55. The Kier molecular flexibility index (Phi) is 2.19. The van der Waals surface area contributed by atoms with Gasteiger partial charge >= 0.3 is 0 Å². The molecule has 0 amide bonds. The van der Waals surface area contributed by atoms with Crippen LogP contribution in [0, 0.1) is 6.92 Å². The largest absolute Gasteiger partial charge is 0.379 e. The molecule has 78 valence electrons. The van der Waals surface area contributed by atoms with E-state index in [1.54, 1.807) is 4.68 Å². The van der Waals surface area contributed by atoms with Gasteiger partial charge in [0.25, 0.3) is 0 Å². The van der Waals surface area contributed by atoms with E-state index in [-0.39, 0.29) is 11.2 Å². The van der Waals surface area contributed by atoms with E-state index in [9.17, 15) is 4.79 Å². The molecule has 4 nitrogen and oxygen atoms in total. The second-order valence-electron chi connectivity index (χ2n) is 3.55. The van der Waals surface area contributed by atoms with E-state index < -0.39 is 0 Å². The van der Waals surface area contributed by atoms with E-state index in [0.29, 0.717) is 11.9 Å². The molecule has 15 heavy (non-hydrogen) atoms. The molecule has 4 heteroatoms. The topological polar surface area (TPSA) is 60.9 Å². The summed E-state index contributed by atoms with van der Waals surface area (Å²) in [5.41, 5.74) is 7.27. The summed E-state index contributed by atoms with van der Waals surface area (Å²) in [7, 11) is 0. The van der Waals surface area contributed by atoms with Crippen molar-refractivity contribution in [3.05, 3.63) is 34.0 Å². The number of rotatable bonds is 1. The summed E-state index contributed by atoms with van der Waals surface area (Å²) in [5.74, 6) is 0.0648. The Morgan fingerprint density at radius 3 is 2.87 bits per heavy atom. The summed E-state index contributed by atoms with van der Waals surface area (Å²) >= 11 is 0. The molecule has 0 saturated carbocycles. The van der Waals surface area contributed by atoms with Crippen LogP contribution in [0.2, 0.25) is 0 Å². The zero-order chi connectivity index (χ0) is 11.0. The van der Waals surface area contributed by atoms with Crippen molar-refractivity contribution in [1.29, 1.82) is 0 Å². The van der Waals surface area contributed by atoms with Crippen LogP contribution in [0.4, 0.5) is 5.82 Å². The molecule has 0 fully saturated rings. The van der Waals surface area contributed by atoms with Gasteiger partial charge in [-0.1, -0.05) is 11.6 Å². The Balaban J connectivity index is 2.96. The van der Waals surface area contributed by atoms with Crippen LogP contribution in [-0.2, 0) is 6.54 Å². The number of nitrogens with two attached hydrogens (primary N) is 1. The highest BCUT2D eigenvalue weighted by Crippen LogP contribution is 2.12. The van der Waals surface area contributed by atoms with E-state index in [0.717, 1.165) is 11.1 Å². The van der Waals surface area contributed by atoms with Gasteiger partial charge in [-0.05, 0) is 26.0 Å². The second kappa shape index (κ2) is 3.38. The van der Waals surface area contributed by atoms with E-state index in [4.69, 9.17) is 5.73 Å². The van der Waals surface area contributed by atoms with Gasteiger partial charge in [-0.3, -0.25) is 9.48 Å². The number of hydrogen-bond acceptors (Lipinski definition) is 3. The fraction of sp³-hybridized carbons (Fsp3) is 0.273. The molecule has 1 aromatic heterocycles. The van der Waals surface area contributed by atoms with Crippen molar-refractivity contribution >= 4 is 16.7 Å². The Hall–Kier alpha value is -1.84. The molecule has 1 heterocycles. The zero-order valence-corrected chi connectivity index (χ0v) is 8.82. The number of aromatic nitrogens is 2. The minimum Gasteiger partial charge on any atom is -0.379 e. The Morgan fingerprint density at radius 1 is 1.47 bits per heavy atom. The Morgan fingerprint density at radius 2 is 2.20 bits per heavy atom. The first-order valence-corrected chi connectivity index (χ1v) is 4.90. The highest BCUT2D eigenvalue weighted by Gasteiger charge is 2.06. The maximum absolute atomic E-state index is 11.7. The van der Waals surface area contributed by atoms with Gasteiger partial charge in [0, 0.05) is 6.54 Å². The van der Waals surface area contributed by atoms with E-state index in [1.165, 1.54) is 0 Å². The molecule has 1 aromatic carbocycles. The van der Waals surface area contributed by atoms with Crippen LogP contribution in [0.1, 0.15) is 12.5 Å². The van der Waals surface area contributed by atoms with Crippen LogP contribution in [0.5, 0.6) is 0 Å². The molecule has 0 bridgehead atoms. The van der Waals surface area contributed by atoms with Gasteiger partial charge in [0.2, 0.25) is 5.43 Å². The third-order valence-corrected chi connectivity index (χ3v) is 2.44. The number of fused-ring (bicyclic) bond motifs is 1. The predicted octanol–water partition coefficient (Wildman–Crippen LogP) is 1.31. The zero-order valence-electron chi connectivity index (χ0n) is 8.82. The van der Waals surface area contributed by atoms with Crippen molar-refractivity contribution in [2.45, 2.75) is 20.4 Å². The fourth-order valence-corrected chi connectivity index (χ4v) is 1.67. The standard InChI is InChI=1S/C11H13N3O/c1-3-14-9-5-4-7(2)6-8(9)10(15)11(12)13-14/h4-6H,3H2,1-2H3,(H2,12,13). The minimum absolute atomic E-state index is 0.0648. The third kappa shape index (κ3) is 1.48. The monoisotopic (exact) mass is 203 g/mol. The number of nitrogens with zero attached hydrogens (tertiary/aromatic N) is 2. The molecule has 0 aliphatic rings. The SMILES string of the molecule is CCn1nc(N)c(=O)c2cc(C)ccc21. The summed E-state index contributed by atoms with van der Waals surface area (Å²) in [6.07, 6.45) is 0. The van der Waals surface area contributed by atoms with E-state index >= 15 is 0 Å². The van der Waals surface area contributed by atoms with Crippen LogP contribution in [0.25, 0.3) is 10.9 Å². The predicted molar refractivity (Wildman–Crippen MR) is 60.8 cm³/mol. The summed E-state index contributed by atoms with van der Waals surface area (Å²) in [6.45, 7) is 4.62. The lowest BCUT2D eigenvalue weighted by Crippen LogP contribution is -2.17. The van der Waals surface area contributed by atoms with E-state index in [2.05, 4.69) is 5.10 Å². The molecule has 0 spiro atoms. The average molecular weight is 203 g/mol. The first kappa shape index (κ1) is 9.71. The number of hydrogen-bond donors (Lipinski definition) is 1. The van der Waals surface area contributed by atoms with Gasteiger partial charge in [0.1, 0.15) is 0 Å². The maximum Gasteiger partial charge on any atom is 0.231 e. The molecule has 0 aliphatic heterocycles. The molecular weight excluding hydrogens is 190 g/mol. The van der Waals surface area contributed by atoms with Gasteiger partial charge in [0.05, 0.1) is 10.9 Å². The van der Waals surface area contributed by atoms with Crippen LogP contribution in [0.15, 0.2) is 23.0 Å². The summed E-state index contributed by atoms with van der Waals surface area (Å²) in [6, 6.07) is 5.72. The van der Waals surface area contributed by atoms with Crippen molar-refractivity contribution in [3.63, 3.8) is 0 Å². The number of nitrogen functional groups attached to an aromatic ring is 1. The minimum atomic E-state index is -0.182. The lowest BCUT2D eigenvalue weighted by Gasteiger charge is -2.08. The van der Waals surface area contributed by atoms with Crippen LogP contribution < -0.4 is 11.2 Å². The van der Waals surface area contributed by atoms with Crippen LogP contribution in [-0.4, -0.2) is 9.78 Å². The molecule has 2 N–H and O–H groups in total. The summed E-state index contributed by atoms with van der Waals surface area (Å²) in [4.78, 5) is 11.7. The molecule has 0 atom stereocenters. The molecule has 2 rings (SSSR count). The Bertz CT molecular complexity index is 572. The molecule has 0 radical (unpaired) electrons. The Labute approximate surface area is 87.3 Å². The van der Waals surface area contributed by atoms with Gasteiger partial charge in [-0.2, -0.15) is 5.10 Å². The van der Waals surface area contributed by atoms with Crippen molar-refractivity contribution < 1.29 is 0 Å². The maximum atomic E-state index is 11.7. The molecule has 0 aliphatic carbocycles. The average Bonchev–Trinajstić information content (AvgIpc) is 2.23. The number of aryl methyl sites for hydroxylation is 2. The molecule has 0 saturated heterocycles. The normalized spacial score (nSPS) is 10.8. The lowest BCUT2D eigenvalue weighted by molar-refractivity contribution is 0.673. The third-order valence-electron chi connectivity index (χ3n) is 2.44.